The molecule has 0 aliphatic carbocycles. The van der Waals surface area contributed by atoms with Gasteiger partial charge in [0.1, 0.15) is 13.2 Å². The second-order valence-corrected chi connectivity index (χ2v) is 3.48. The third-order valence-corrected chi connectivity index (χ3v) is 1.44. The van der Waals surface area contributed by atoms with Crippen LogP contribution in [0.4, 0.5) is 0 Å². The van der Waals surface area contributed by atoms with Crippen LogP contribution in [0.25, 0.3) is 0 Å². The number of hydrogen-bond donors (Lipinski definition) is 0. The molecule has 0 spiro atoms. The van der Waals surface area contributed by atoms with Crippen LogP contribution in [0.1, 0.15) is 6.92 Å². The Morgan fingerprint density at radius 1 is 1.29 bits per heavy atom. The van der Waals surface area contributed by atoms with Crippen molar-refractivity contribution >= 4 is 35.1 Å². The summed E-state index contributed by atoms with van der Waals surface area (Å²) in [7, 11) is 0. The van der Waals surface area contributed by atoms with Crippen molar-refractivity contribution in [3.63, 3.8) is 0 Å². The normalized spacial score (nSPS) is 9.71. The molecule has 0 fully saturated rings. The lowest BCUT2D eigenvalue weighted by Crippen LogP contribution is -2.17. The Balaban J connectivity index is 3.52. The van der Waals surface area contributed by atoms with Crippen LogP contribution in [0.15, 0.2) is 12.2 Å². The Kier molecular flexibility index (Phi) is 6.32. The number of carbonyl (C=O) groups is 2. The molecule has 80 valence electrons. The smallest absolute Gasteiger partial charge is 0.339 e. The summed E-state index contributed by atoms with van der Waals surface area (Å²) in [4.78, 5) is 20.3. The molecule has 0 aliphatic rings. The Bertz CT molecular complexity index is 237. The van der Waals surface area contributed by atoms with Gasteiger partial charge in [-0.05, 0) is 6.92 Å². The topological polar surface area (TPSA) is 52.6 Å². The van der Waals surface area contributed by atoms with Gasteiger partial charge in [0.2, 0.25) is 4.84 Å². The van der Waals surface area contributed by atoms with E-state index in [1.54, 1.807) is 0 Å². The van der Waals surface area contributed by atoms with E-state index in [1.165, 1.54) is 6.92 Å². The summed E-state index contributed by atoms with van der Waals surface area (Å²) in [6.07, 6.45) is 0. The summed E-state index contributed by atoms with van der Waals surface area (Å²) in [5.74, 6) is -1.30. The first-order chi connectivity index (χ1) is 6.45. The predicted molar refractivity (Wildman–Crippen MR) is 52.2 cm³/mol. The molecular formula is C8H10Cl2O4. The molecule has 0 N–H and O–H groups in total. The lowest BCUT2D eigenvalue weighted by Gasteiger charge is -2.05. The molecule has 6 heteroatoms. The quantitative estimate of drug-likeness (QED) is 0.316. The highest BCUT2D eigenvalue weighted by atomic mass is 35.5. The molecule has 0 amide bonds. The van der Waals surface area contributed by atoms with Crippen molar-refractivity contribution in [1.29, 1.82) is 0 Å². The lowest BCUT2D eigenvalue weighted by molar-refractivity contribution is -0.148. The third-order valence-electron chi connectivity index (χ3n) is 1.09. The van der Waals surface area contributed by atoms with Gasteiger partial charge in [-0.1, -0.05) is 29.8 Å². The summed E-state index contributed by atoms with van der Waals surface area (Å²) in [5, 5.41) is 0. The highest BCUT2D eigenvalue weighted by Crippen LogP contribution is 2.03. The number of alkyl halides is 2. The van der Waals surface area contributed by atoms with Crippen LogP contribution in [0.5, 0.6) is 0 Å². The monoisotopic (exact) mass is 240 g/mol. The fourth-order valence-corrected chi connectivity index (χ4v) is 0.589. The van der Waals surface area contributed by atoms with Crippen molar-refractivity contribution in [3.8, 4) is 0 Å². The minimum atomic E-state index is -1.22. The Hall–Kier alpha value is -0.740. The van der Waals surface area contributed by atoms with Crippen LogP contribution in [0.2, 0.25) is 0 Å². The van der Waals surface area contributed by atoms with Gasteiger partial charge in [-0.15, -0.1) is 0 Å². The van der Waals surface area contributed by atoms with Gasteiger partial charge in [-0.3, -0.25) is 0 Å². The van der Waals surface area contributed by atoms with Gasteiger partial charge in [0, 0.05) is 5.57 Å². The SMILES string of the molecule is C=C(C)C(=O)OCCOC(=O)C(Cl)Cl. The zero-order valence-corrected chi connectivity index (χ0v) is 9.10. The summed E-state index contributed by atoms with van der Waals surface area (Å²) in [5.41, 5.74) is 0.281. The molecule has 0 heterocycles. The van der Waals surface area contributed by atoms with Gasteiger partial charge in [-0.25, -0.2) is 9.59 Å². The van der Waals surface area contributed by atoms with Crippen molar-refractivity contribution in [2.24, 2.45) is 0 Å². The Morgan fingerprint density at radius 2 is 1.79 bits per heavy atom. The van der Waals surface area contributed by atoms with Crippen LogP contribution < -0.4 is 0 Å². The van der Waals surface area contributed by atoms with Gasteiger partial charge in [0.15, 0.2) is 0 Å². The fourth-order valence-electron chi connectivity index (χ4n) is 0.463. The van der Waals surface area contributed by atoms with Gasteiger partial charge in [-0.2, -0.15) is 0 Å². The maximum absolute atomic E-state index is 10.8. The summed E-state index contributed by atoms with van der Waals surface area (Å²) in [6.45, 7) is 4.77. The number of ether oxygens (including phenoxy) is 2. The average molecular weight is 241 g/mol. The van der Waals surface area contributed by atoms with E-state index < -0.39 is 16.8 Å². The molecule has 0 bridgehead atoms. The molecule has 0 aromatic heterocycles. The molecule has 0 rings (SSSR count). The zero-order chi connectivity index (χ0) is 11.1. The van der Waals surface area contributed by atoms with Crippen LogP contribution >= 0.6 is 23.2 Å². The van der Waals surface area contributed by atoms with E-state index in [4.69, 9.17) is 23.2 Å². The molecule has 14 heavy (non-hydrogen) atoms. The zero-order valence-electron chi connectivity index (χ0n) is 7.59. The molecule has 4 nitrogen and oxygen atoms in total. The molecular weight excluding hydrogens is 231 g/mol. The molecule has 0 saturated heterocycles. The van der Waals surface area contributed by atoms with E-state index in [1.807, 2.05) is 0 Å². The fraction of sp³-hybridized carbons (Fsp3) is 0.500. The summed E-state index contributed by atoms with van der Waals surface area (Å²) < 4.78 is 9.16. The number of hydrogen-bond acceptors (Lipinski definition) is 4. The maximum Gasteiger partial charge on any atom is 0.339 e. The van der Waals surface area contributed by atoms with Crippen molar-refractivity contribution < 1.29 is 19.1 Å². The van der Waals surface area contributed by atoms with Gasteiger partial charge in [0.05, 0.1) is 0 Å². The second-order valence-electron chi connectivity index (χ2n) is 2.38. The molecule has 0 aliphatic heterocycles. The van der Waals surface area contributed by atoms with Gasteiger partial charge < -0.3 is 9.47 Å². The van der Waals surface area contributed by atoms with Crippen LogP contribution in [0, 0.1) is 0 Å². The molecule has 0 unspecified atom stereocenters. The first kappa shape index (κ1) is 13.3. The third kappa shape index (κ3) is 5.83. The van der Waals surface area contributed by atoms with Crippen molar-refractivity contribution in [1.82, 2.24) is 0 Å². The van der Waals surface area contributed by atoms with E-state index in [-0.39, 0.29) is 18.8 Å². The van der Waals surface area contributed by atoms with E-state index in [9.17, 15) is 9.59 Å². The van der Waals surface area contributed by atoms with E-state index in [0.29, 0.717) is 0 Å². The lowest BCUT2D eigenvalue weighted by atomic mass is 10.4. The Labute approximate surface area is 91.8 Å². The molecule has 0 aromatic carbocycles. The predicted octanol–water partition coefficient (Wildman–Crippen LogP) is 1.45. The van der Waals surface area contributed by atoms with Gasteiger partial charge >= 0.3 is 11.9 Å². The standard InChI is InChI=1S/C8H10Cl2O4/c1-5(2)7(11)13-3-4-14-8(12)6(9)10/h6H,1,3-4H2,2H3. The van der Waals surface area contributed by atoms with Crippen LogP contribution in [-0.4, -0.2) is 30.0 Å². The molecule has 0 aromatic rings. The number of halogens is 2. The first-order valence-corrected chi connectivity index (χ1v) is 4.60. The van der Waals surface area contributed by atoms with E-state index in [0.717, 1.165) is 0 Å². The summed E-state index contributed by atoms with van der Waals surface area (Å²) >= 11 is 10.4. The minimum Gasteiger partial charge on any atom is -0.460 e. The largest absolute Gasteiger partial charge is 0.460 e. The molecule has 0 saturated carbocycles. The molecule has 0 atom stereocenters. The van der Waals surface area contributed by atoms with Crippen LogP contribution in [-0.2, 0) is 19.1 Å². The second kappa shape index (κ2) is 6.68. The van der Waals surface area contributed by atoms with Gasteiger partial charge in [0.25, 0.3) is 0 Å². The van der Waals surface area contributed by atoms with Crippen LogP contribution in [0.3, 0.4) is 0 Å². The van der Waals surface area contributed by atoms with Crippen molar-refractivity contribution in [3.05, 3.63) is 12.2 Å². The average Bonchev–Trinajstić information content (AvgIpc) is 2.11. The van der Waals surface area contributed by atoms with E-state index in [2.05, 4.69) is 16.1 Å². The summed E-state index contributed by atoms with van der Waals surface area (Å²) in [6, 6.07) is 0. The highest BCUT2D eigenvalue weighted by molar-refractivity contribution is 6.52. The van der Waals surface area contributed by atoms with Crippen molar-refractivity contribution in [2.75, 3.05) is 13.2 Å². The van der Waals surface area contributed by atoms with E-state index >= 15 is 0 Å². The molecule has 0 radical (unpaired) electrons. The maximum atomic E-state index is 10.8. The number of rotatable bonds is 5. The minimum absolute atomic E-state index is 0.0437. The Morgan fingerprint density at radius 3 is 2.21 bits per heavy atom. The highest BCUT2D eigenvalue weighted by Gasteiger charge is 2.12. The van der Waals surface area contributed by atoms with Crippen molar-refractivity contribution in [2.45, 2.75) is 11.8 Å². The number of esters is 2. The number of carbonyl (C=O) groups excluding carboxylic acids is 2. The first-order valence-electron chi connectivity index (χ1n) is 3.72.